The molecule has 0 fully saturated rings. The molecule has 0 saturated carbocycles. The number of aryl methyl sites for hydroxylation is 2. The Bertz CT molecular complexity index is 604. The molecule has 21 heavy (non-hydrogen) atoms. The third kappa shape index (κ3) is 3.95. The molecule has 2 aromatic rings. The molecule has 1 aromatic carbocycles. The number of benzene rings is 1. The van der Waals surface area contributed by atoms with E-state index in [1.165, 1.54) is 16.8 Å². The summed E-state index contributed by atoms with van der Waals surface area (Å²) in [6.45, 7) is 7.47. The van der Waals surface area contributed by atoms with Crippen LogP contribution in [0.25, 0.3) is 0 Å². The van der Waals surface area contributed by atoms with E-state index in [0.717, 1.165) is 29.6 Å². The Labute approximate surface area is 135 Å². The molecule has 0 aliphatic carbocycles. The molecule has 0 amide bonds. The lowest BCUT2D eigenvalue weighted by molar-refractivity contribution is 0.524. The van der Waals surface area contributed by atoms with Gasteiger partial charge in [-0.25, -0.2) is 0 Å². The molecule has 1 N–H and O–H groups in total. The third-order valence-electron chi connectivity index (χ3n) is 3.88. The van der Waals surface area contributed by atoms with Gasteiger partial charge in [0.1, 0.15) is 0 Å². The van der Waals surface area contributed by atoms with E-state index in [2.05, 4.69) is 71.4 Å². The van der Waals surface area contributed by atoms with Crippen LogP contribution in [0, 0.1) is 13.8 Å². The van der Waals surface area contributed by atoms with Crippen molar-refractivity contribution in [3.05, 3.63) is 51.3 Å². The first-order valence-corrected chi connectivity index (χ1v) is 8.30. The summed E-state index contributed by atoms with van der Waals surface area (Å²) in [6.07, 6.45) is 2.11. The minimum atomic E-state index is 0.313. The molecule has 0 radical (unpaired) electrons. The Morgan fingerprint density at radius 2 is 2.10 bits per heavy atom. The number of nitrogens with zero attached hydrogens (tertiary/aromatic N) is 2. The van der Waals surface area contributed by atoms with Crippen LogP contribution in [-0.4, -0.2) is 16.3 Å². The summed E-state index contributed by atoms with van der Waals surface area (Å²) in [4.78, 5) is 0. The van der Waals surface area contributed by atoms with E-state index < -0.39 is 0 Å². The van der Waals surface area contributed by atoms with E-state index in [4.69, 9.17) is 0 Å². The van der Waals surface area contributed by atoms with Crippen LogP contribution in [0.3, 0.4) is 0 Å². The number of nitrogens with one attached hydrogen (secondary N) is 1. The Kier molecular flexibility index (Phi) is 5.59. The molecule has 0 saturated heterocycles. The van der Waals surface area contributed by atoms with Crippen LogP contribution < -0.4 is 5.32 Å². The second-order valence-electron chi connectivity index (χ2n) is 5.55. The number of hydrogen-bond donors (Lipinski definition) is 1. The molecule has 1 heterocycles. The standard InChI is InChI=1S/C17H24BrN3/c1-5-9-19-16(11-14-7-6-8-15(18)10-14)17-12(2)20-21(4)13(17)3/h6-8,10,16,19H,5,9,11H2,1-4H3. The monoisotopic (exact) mass is 349 g/mol. The van der Waals surface area contributed by atoms with Gasteiger partial charge in [-0.3, -0.25) is 4.68 Å². The van der Waals surface area contributed by atoms with E-state index >= 15 is 0 Å². The Morgan fingerprint density at radius 3 is 2.67 bits per heavy atom. The summed E-state index contributed by atoms with van der Waals surface area (Å²) in [5.41, 5.74) is 5.04. The number of rotatable bonds is 6. The average Bonchev–Trinajstić information content (AvgIpc) is 2.68. The molecule has 2 rings (SSSR count). The van der Waals surface area contributed by atoms with Crippen LogP contribution >= 0.6 is 15.9 Å². The molecule has 1 atom stereocenters. The van der Waals surface area contributed by atoms with Crippen molar-refractivity contribution in [2.45, 2.75) is 39.7 Å². The van der Waals surface area contributed by atoms with Gasteiger partial charge in [0.2, 0.25) is 0 Å². The number of hydrogen-bond acceptors (Lipinski definition) is 2. The topological polar surface area (TPSA) is 29.9 Å². The predicted octanol–water partition coefficient (Wildman–Crippen LogP) is 4.08. The summed E-state index contributed by atoms with van der Waals surface area (Å²) >= 11 is 3.56. The molecule has 0 bridgehead atoms. The molecule has 0 aliphatic heterocycles. The molecular formula is C17H24BrN3. The van der Waals surface area contributed by atoms with Crippen LogP contribution in [0.4, 0.5) is 0 Å². The van der Waals surface area contributed by atoms with Crippen molar-refractivity contribution in [3.63, 3.8) is 0 Å². The predicted molar refractivity (Wildman–Crippen MR) is 91.6 cm³/mol. The summed E-state index contributed by atoms with van der Waals surface area (Å²) in [7, 11) is 2.02. The van der Waals surface area contributed by atoms with E-state index in [-0.39, 0.29) is 0 Å². The fourth-order valence-corrected chi connectivity index (χ4v) is 3.24. The smallest absolute Gasteiger partial charge is 0.0644 e. The van der Waals surface area contributed by atoms with Crippen molar-refractivity contribution in [3.8, 4) is 0 Å². The van der Waals surface area contributed by atoms with Gasteiger partial charge in [-0.1, -0.05) is 35.0 Å². The largest absolute Gasteiger partial charge is 0.310 e. The molecule has 1 unspecified atom stereocenters. The first-order valence-electron chi connectivity index (χ1n) is 7.50. The maximum atomic E-state index is 4.57. The summed E-state index contributed by atoms with van der Waals surface area (Å²) < 4.78 is 3.11. The molecule has 0 spiro atoms. The van der Waals surface area contributed by atoms with Gasteiger partial charge in [-0.05, 0) is 50.9 Å². The highest BCUT2D eigenvalue weighted by atomic mass is 79.9. The first kappa shape index (κ1) is 16.2. The Morgan fingerprint density at radius 1 is 1.33 bits per heavy atom. The zero-order valence-electron chi connectivity index (χ0n) is 13.3. The Hall–Kier alpha value is -1.13. The zero-order chi connectivity index (χ0) is 15.4. The van der Waals surface area contributed by atoms with Crippen molar-refractivity contribution in [2.75, 3.05) is 6.54 Å². The molecule has 1 aromatic heterocycles. The Balaban J connectivity index is 2.29. The van der Waals surface area contributed by atoms with Gasteiger partial charge in [0.05, 0.1) is 5.69 Å². The van der Waals surface area contributed by atoms with Crippen molar-refractivity contribution in [2.24, 2.45) is 7.05 Å². The second kappa shape index (κ2) is 7.23. The van der Waals surface area contributed by atoms with E-state index in [1.807, 2.05) is 11.7 Å². The molecule has 114 valence electrons. The van der Waals surface area contributed by atoms with E-state index in [9.17, 15) is 0 Å². The van der Waals surface area contributed by atoms with Gasteiger partial charge in [0.25, 0.3) is 0 Å². The molecule has 0 aliphatic rings. The molecular weight excluding hydrogens is 326 g/mol. The molecule has 3 nitrogen and oxygen atoms in total. The number of aromatic nitrogens is 2. The van der Waals surface area contributed by atoms with E-state index in [1.54, 1.807) is 0 Å². The summed E-state index contributed by atoms with van der Waals surface area (Å²) in [6, 6.07) is 8.86. The zero-order valence-corrected chi connectivity index (χ0v) is 14.9. The highest BCUT2D eigenvalue weighted by molar-refractivity contribution is 9.10. The lowest BCUT2D eigenvalue weighted by Crippen LogP contribution is -2.25. The van der Waals surface area contributed by atoms with Crippen molar-refractivity contribution >= 4 is 15.9 Å². The highest BCUT2D eigenvalue weighted by Crippen LogP contribution is 2.25. The first-order chi connectivity index (χ1) is 10.0. The SMILES string of the molecule is CCCNC(Cc1cccc(Br)c1)c1c(C)nn(C)c1C. The van der Waals surface area contributed by atoms with Gasteiger partial charge in [-0.2, -0.15) is 5.10 Å². The quantitative estimate of drug-likeness (QED) is 0.851. The lowest BCUT2D eigenvalue weighted by Gasteiger charge is -2.20. The van der Waals surface area contributed by atoms with Crippen LogP contribution in [0.15, 0.2) is 28.7 Å². The second-order valence-corrected chi connectivity index (χ2v) is 6.46. The van der Waals surface area contributed by atoms with Gasteiger partial charge in [0.15, 0.2) is 0 Å². The lowest BCUT2D eigenvalue weighted by atomic mass is 9.97. The maximum absolute atomic E-state index is 4.57. The van der Waals surface area contributed by atoms with E-state index in [0.29, 0.717) is 6.04 Å². The minimum absolute atomic E-state index is 0.313. The van der Waals surface area contributed by atoms with Crippen LogP contribution in [-0.2, 0) is 13.5 Å². The minimum Gasteiger partial charge on any atom is -0.310 e. The van der Waals surface area contributed by atoms with Gasteiger partial charge < -0.3 is 5.32 Å². The van der Waals surface area contributed by atoms with Gasteiger partial charge in [-0.15, -0.1) is 0 Å². The van der Waals surface area contributed by atoms with Crippen molar-refractivity contribution in [1.29, 1.82) is 0 Å². The van der Waals surface area contributed by atoms with Crippen LogP contribution in [0.2, 0.25) is 0 Å². The van der Waals surface area contributed by atoms with Crippen molar-refractivity contribution < 1.29 is 0 Å². The third-order valence-corrected chi connectivity index (χ3v) is 4.38. The average molecular weight is 350 g/mol. The molecule has 4 heteroatoms. The fourth-order valence-electron chi connectivity index (χ4n) is 2.79. The summed E-state index contributed by atoms with van der Waals surface area (Å²) in [5.74, 6) is 0. The fraction of sp³-hybridized carbons (Fsp3) is 0.471. The van der Waals surface area contributed by atoms with Crippen LogP contribution in [0.1, 0.15) is 41.9 Å². The summed E-state index contributed by atoms with van der Waals surface area (Å²) in [5, 5.41) is 8.25. The van der Waals surface area contributed by atoms with Gasteiger partial charge in [0, 0.05) is 28.8 Å². The maximum Gasteiger partial charge on any atom is 0.0644 e. The van der Waals surface area contributed by atoms with Crippen molar-refractivity contribution in [1.82, 2.24) is 15.1 Å². The number of halogens is 1. The highest BCUT2D eigenvalue weighted by Gasteiger charge is 2.20. The van der Waals surface area contributed by atoms with Gasteiger partial charge >= 0.3 is 0 Å². The van der Waals surface area contributed by atoms with Crippen LogP contribution in [0.5, 0.6) is 0 Å². The normalized spacial score (nSPS) is 12.6.